The lowest BCUT2D eigenvalue weighted by atomic mass is 10.3. The summed E-state index contributed by atoms with van der Waals surface area (Å²) in [6, 6.07) is 6.68. The third-order valence-electron chi connectivity index (χ3n) is 2.50. The second-order valence-electron chi connectivity index (χ2n) is 4.02. The van der Waals surface area contributed by atoms with Crippen LogP contribution in [-0.4, -0.2) is 21.2 Å². The highest BCUT2D eigenvalue weighted by Crippen LogP contribution is 2.31. The van der Waals surface area contributed by atoms with E-state index >= 15 is 0 Å². The van der Waals surface area contributed by atoms with Crippen LogP contribution in [-0.2, 0) is 0 Å². The van der Waals surface area contributed by atoms with Crippen molar-refractivity contribution in [2.24, 2.45) is 10.7 Å². The molecule has 2 N–H and O–H groups in total. The van der Waals surface area contributed by atoms with Crippen molar-refractivity contribution in [1.82, 2.24) is 15.0 Å². The second kappa shape index (κ2) is 7.25. The van der Waals surface area contributed by atoms with Crippen molar-refractivity contribution in [3.63, 3.8) is 0 Å². The van der Waals surface area contributed by atoms with Crippen molar-refractivity contribution in [2.75, 3.05) is 0 Å². The number of allylic oxidation sites excluding steroid dienone is 2. The van der Waals surface area contributed by atoms with Gasteiger partial charge < -0.3 is 5.73 Å². The quantitative estimate of drug-likeness (QED) is 0.616. The van der Waals surface area contributed by atoms with Crippen LogP contribution in [0.4, 0.5) is 0 Å². The number of nitrogens with two attached hydrogens (primary N) is 1. The fourth-order valence-electron chi connectivity index (χ4n) is 1.51. The maximum atomic E-state index is 8.85. The Hall–Kier alpha value is -2.39. The van der Waals surface area contributed by atoms with E-state index in [0.717, 1.165) is 4.47 Å². The lowest BCUT2D eigenvalue weighted by Gasteiger charge is -2.05. The Morgan fingerprint density at radius 1 is 1.30 bits per heavy atom. The van der Waals surface area contributed by atoms with Gasteiger partial charge in [0.25, 0.3) is 0 Å². The SMILES string of the molecule is N#C/C(N)=C(\C#N)N=Cc1cnn(-c2c(Cl)cc(Br)cc2Cl)n1. The number of nitriles is 2. The average molecular weight is 411 g/mol. The molecule has 0 spiro atoms. The first-order valence-corrected chi connectivity index (χ1v) is 7.42. The number of rotatable bonds is 3. The molecule has 7 nitrogen and oxygen atoms in total. The fraction of sp³-hybridized carbons (Fsp3) is 0. The molecule has 1 aromatic heterocycles. The highest BCUT2D eigenvalue weighted by molar-refractivity contribution is 9.10. The smallest absolute Gasteiger partial charge is 0.174 e. The zero-order valence-corrected chi connectivity index (χ0v) is 14.3. The predicted molar refractivity (Wildman–Crippen MR) is 89.1 cm³/mol. The number of hydrogen-bond donors (Lipinski definition) is 1. The summed E-state index contributed by atoms with van der Waals surface area (Å²) >= 11 is 15.6. The molecule has 23 heavy (non-hydrogen) atoms. The standard InChI is InChI=1S/C13H6BrCl2N7/c14-7-1-9(15)13(10(16)2-7)23-21-6-8(22-23)5-20-12(4-18)11(19)3-17/h1-2,5-6H,19H2/b12-11-,20-5?. The molecule has 0 fully saturated rings. The lowest BCUT2D eigenvalue weighted by Crippen LogP contribution is -2.01. The monoisotopic (exact) mass is 409 g/mol. The Bertz CT molecular complexity index is 879. The molecule has 0 aliphatic carbocycles. The Labute approximate surface area is 149 Å². The Kier molecular flexibility index (Phi) is 5.35. The second-order valence-corrected chi connectivity index (χ2v) is 5.75. The van der Waals surface area contributed by atoms with Crippen LogP contribution in [0.2, 0.25) is 10.0 Å². The molecule has 114 valence electrons. The largest absolute Gasteiger partial charge is 0.388 e. The molecule has 0 atom stereocenters. The van der Waals surface area contributed by atoms with Crippen LogP contribution in [0.3, 0.4) is 0 Å². The molecular weight excluding hydrogens is 405 g/mol. The summed E-state index contributed by atoms with van der Waals surface area (Å²) in [5.41, 5.74) is 5.59. The predicted octanol–water partition coefficient (Wildman–Crippen LogP) is 2.97. The van der Waals surface area contributed by atoms with E-state index in [1.165, 1.54) is 17.2 Å². The van der Waals surface area contributed by atoms with Gasteiger partial charge in [0.1, 0.15) is 29.2 Å². The first-order chi connectivity index (χ1) is 11.0. The number of halogens is 3. The van der Waals surface area contributed by atoms with Crippen LogP contribution in [0, 0.1) is 22.7 Å². The highest BCUT2D eigenvalue weighted by Gasteiger charge is 2.12. The van der Waals surface area contributed by atoms with Crippen molar-refractivity contribution in [3.8, 4) is 17.8 Å². The van der Waals surface area contributed by atoms with Crippen LogP contribution in [0.25, 0.3) is 5.69 Å². The molecule has 0 bridgehead atoms. The summed E-state index contributed by atoms with van der Waals surface area (Å²) in [5.74, 6) is 0. The Morgan fingerprint density at radius 3 is 2.52 bits per heavy atom. The summed E-state index contributed by atoms with van der Waals surface area (Å²) in [5, 5.41) is 26.4. The van der Waals surface area contributed by atoms with E-state index in [1.807, 2.05) is 0 Å². The van der Waals surface area contributed by atoms with Gasteiger partial charge in [-0.05, 0) is 12.1 Å². The maximum Gasteiger partial charge on any atom is 0.174 e. The van der Waals surface area contributed by atoms with E-state index in [4.69, 9.17) is 39.5 Å². The first kappa shape index (κ1) is 17.0. The lowest BCUT2D eigenvalue weighted by molar-refractivity contribution is 0.751. The summed E-state index contributed by atoms with van der Waals surface area (Å²) < 4.78 is 0.723. The summed E-state index contributed by atoms with van der Waals surface area (Å²) in [7, 11) is 0. The van der Waals surface area contributed by atoms with Gasteiger partial charge >= 0.3 is 0 Å². The first-order valence-electron chi connectivity index (χ1n) is 5.87. The molecule has 2 rings (SSSR count). The van der Waals surface area contributed by atoms with Crippen molar-refractivity contribution in [3.05, 3.63) is 49.9 Å². The molecule has 2 aromatic rings. The van der Waals surface area contributed by atoms with Crippen molar-refractivity contribution >= 4 is 45.3 Å². The van der Waals surface area contributed by atoms with Crippen LogP contribution >= 0.6 is 39.1 Å². The van der Waals surface area contributed by atoms with Gasteiger partial charge in [-0.15, -0.1) is 9.90 Å². The summed E-state index contributed by atoms with van der Waals surface area (Å²) in [4.78, 5) is 5.04. The molecule has 1 aromatic carbocycles. The topological polar surface area (TPSA) is 117 Å². The fourth-order valence-corrected chi connectivity index (χ4v) is 2.87. The molecule has 10 heteroatoms. The Morgan fingerprint density at radius 2 is 1.96 bits per heavy atom. The number of benzene rings is 1. The van der Waals surface area contributed by atoms with Crippen LogP contribution < -0.4 is 5.73 Å². The zero-order chi connectivity index (χ0) is 17.0. The zero-order valence-electron chi connectivity index (χ0n) is 11.2. The third-order valence-corrected chi connectivity index (χ3v) is 3.53. The van der Waals surface area contributed by atoms with Gasteiger partial charge in [-0.1, -0.05) is 39.1 Å². The Balaban J connectivity index is 2.37. The molecule has 0 saturated heterocycles. The summed E-state index contributed by atoms with van der Waals surface area (Å²) in [6.45, 7) is 0. The van der Waals surface area contributed by atoms with Gasteiger partial charge in [0.15, 0.2) is 5.70 Å². The van der Waals surface area contributed by atoms with E-state index in [9.17, 15) is 0 Å². The molecule has 0 radical (unpaired) electrons. The van der Waals surface area contributed by atoms with Gasteiger partial charge in [-0.3, -0.25) is 0 Å². The number of hydrogen-bond acceptors (Lipinski definition) is 6. The summed E-state index contributed by atoms with van der Waals surface area (Å²) in [6.07, 6.45) is 2.66. The van der Waals surface area contributed by atoms with Crippen molar-refractivity contribution in [1.29, 1.82) is 10.5 Å². The van der Waals surface area contributed by atoms with E-state index in [0.29, 0.717) is 21.4 Å². The van der Waals surface area contributed by atoms with Gasteiger partial charge in [-0.2, -0.15) is 15.6 Å². The van der Waals surface area contributed by atoms with E-state index < -0.39 is 0 Å². The molecule has 0 amide bonds. The van der Waals surface area contributed by atoms with Crippen LogP contribution in [0.5, 0.6) is 0 Å². The molecule has 0 aliphatic rings. The van der Waals surface area contributed by atoms with Crippen LogP contribution in [0.15, 0.2) is 39.2 Å². The minimum atomic E-state index is -0.282. The van der Waals surface area contributed by atoms with Gasteiger partial charge in [0.2, 0.25) is 0 Å². The normalized spacial score (nSPS) is 11.9. The van der Waals surface area contributed by atoms with Crippen molar-refractivity contribution < 1.29 is 0 Å². The molecule has 0 aliphatic heterocycles. The minimum Gasteiger partial charge on any atom is -0.388 e. The average Bonchev–Trinajstić information content (AvgIpc) is 2.95. The van der Waals surface area contributed by atoms with Crippen LogP contribution in [0.1, 0.15) is 5.69 Å². The van der Waals surface area contributed by atoms with Crippen molar-refractivity contribution in [2.45, 2.75) is 0 Å². The van der Waals surface area contributed by atoms with Gasteiger partial charge in [-0.25, -0.2) is 4.99 Å². The third kappa shape index (κ3) is 3.88. The molecule has 0 saturated carbocycles. The van der Waals surface area contributed by atoms with Gasteiger partial charge in [0, 0.05) is 4.47 Å². The van der Waals surface area contributed by atoms with E-state index in [-0.39, 0.29) is 11.4 Å². The minimum absolute atomic E-state index is 0.207. The molecule has 0 unspecified atom stereocenters. The highest BCUT2D eigenvalue weighted by atomic mass is 79.9. The van der Waals surface area contributed by atoms with E-state index in [1.54, 1.807) is 24.3 Å². The number of aliphatic imine (C=N–C) groups is 1. The number of nitrogens with zero attached hydrogens (tertiary/aromatic N) is 6. The maximum absolute atomic E-state index is 8.85. The number of aromatic nitrogens is 3. The van der Waals surface area contributed by atoms with E-state index in [2.05, 4.69) is 31.1 Å². The van der Waals surface area contributed by atoms with Gasteiger partial charge in [0.05, 0.1) is 22.5 Å². The molecular formula is C13H6BrCl2N7. The molecule has 1 heterocycles.